The lowest BCUT2D eigenvalue weighted by Gasteiger charge is -2.05. The summed E-state index contributed by atoms with van der Waals surface area (Å²) in [7, 11) is 1.56. The molecule has 0 saturated carbocycles. The van der Waals surface area contributed by atoms with E-state index in [2.05, 4.69) is 5.16 Å². The predicted octanol–water partition coefficient (Wildman–Crippen LogP) is 2.54. The zero-order valence-corrected chi connectivity index (χ0v) is 12.5. The number of rotatable bonds is 5. The number of para-hydroxylation sites is 1. The molecule has 0 N–H and O–H groups in total. The fourth-order valence-electron chi connectivity index (χ4n) is 2.18. The van der Waals surface area contributed by atoms with Gasteiger partial charge >= 0.3 is 5.97 Å². The van der Waals surface area contributed by atoms with Gasteiger partial charge in [-0.2, -0.15) is 0 Å². The summed E-state index contributed by atoms with van der Waals surface area (Å²) >= 11 is 0. The summed E-state index contributed by atoms with van der Waals surface area (Å²) in [6.45, 7) is 0.212. The van der Waals surface area contributed by atoms with Gasteiger partial charge in [0, 0.05) is 11.1 Å². The van der Waals surface area contributed by atoms with Crippen molar-refractivity contribution in [1.29, 1.82) is 0 Å². The van der Waals surface area contributed by atoms with Gasteiger partial charge in [-0.1, -0.05) is 23.4 Å². The summed E-state index contributed by atoms with van der Waals surface area (Å²) in [5, 5.41) is 3.71. The smallest absolute Gasteiger partial charge is 0.339 e. The Morgan fingerprint density at radius 2 is 2.04 bits per heavy atom. The van der Waals surface area contributed by atoms with Gasteiger partial charge in [-0.25, -0.2) is 4.79 Å². The molecule has 0 unspecified atom stereocenters. The molecule has 0 bridgehead atoms. The van der Waals surface area contributed by atoms with Crippen LogP contribution in [0, 0.1) is 0 Å². The van der Waals surface area contributed by atoms with E-state index in [0.717, 1.165) is 11.1 Å². The highest BCUT2D eigenvalue weighted by molar-refractivity contribution is 5.81. The van der Waals surface area contributed by atoms with E-state index in [0.29, 0.717) is 17.2 Å². The van der Waals surface area contributed by atoms with E-state index in [1.807, 2.05) is 18.2 Å². The zero-order chi connectivity index (χ0) is 16.1. The SMILES string of the molecule is COc1ccccc1CC(=O)O/N=C/c1ccc2c(c1)OCO2. The first-order chi connectivity index (χ1) is 11.3. The summed E-state index contributed by atoms with van der Waals surface area (Å²) in [4.78, 5) is 16.7. The van der Waals surface area contributed by atoms with Crippen LogP contribution in [-0.4, -0.2) is 26.1 Å². The molecule has 0 radical (unpaired) electrons. The van der Waals surface area contributed by atoms with Crippen LogP contribution >= 0.6 is 0 Å². The third-order valence-electron chi connectivity index (χ3n) is 3.28. The van der Waals surface area contributed by atoms with Crippen LogP contribution in [0.2, 0.25) is 0 Å². The molecule has 0 atom stereocenters. The van der Waals surface area contributed by atoms with Crippen molar-refractivity contribution in [3.8, 4) is 17.2 Å². The summed E-state index contributed by atoms with van der Waals surface area (Å²) < 4.78 is 15.7. The summed E-state index contributed by atoms with van der Waals surface area (Å²) in [5.41, 5.74) is 1.50. The van der Waals surface area contributed by atoms with Crippen LogP contribution in [0.15, 0.2) is 47.6 Å². The number of carbonyl (C=O) groups is 1. The Labute approximate surface area is 133 Å². The summed E-state index contributed by atoms with van der Waals surface area (Å²) in [5.74, 6) is 1.51. The van der Waals surface area contributed by atoms with Crippen LogP contribution in [0.1, 0.15) is 11.1 Å². The quantitative estimate of drug-likeness (QED) is 0.482. The van der Waals surface area contributed by atoms with Crippen LogP contribution in [0.25, 0.3) is 0 Å². The highest BCUT2D eigenvalue weighted by atomic mass is 16.7. The molecule has 6 nitrogen and oxygen atoms in total. The molecule has 23 heavy (non-hydrogen) atoms. The molecule has 0 aromatic heterocycles. The Bertz CT molecular complexity index is 742. The molecule has 2 aromatic carbocycles. The van der Waals surface area contributed by atoms with Gasteiger partial charge in [0.15, 0.2) is 11.5 Å². The van der Waals surface area contributed by atoms with Gasteiger partial charge in [-0.3, -0.25) is 0 Å². The van der Waals surface area contributed by atoms with Crippen molar-refractivity contribution in [2.75, 3.05) is 13.9 Å². The first-order valence-corrected chi connectivity index (χ1v) is 7.01. The molecule has 1 heterocycles. The molecule has 2 aromatic rings. The topological polar surface area (TPSA) is 66.4 Å². The fourth-order valence-corrected chi connectivity index (χ4v) is 2.18. The molecular formula is C17H15NO5. The molecule has 0 amide bonds. The zero-order valence-electron chi connectivity index (χ0n) is 12.5. The number of hydrogen-bond acceptors (Lipinski definition) is 6. The van der Waals surface area contributed by atoms with Gasteiger partial charge in [-0.05, 0) is 24.3 Å². The van der Waals surface area contributed by atoms with E-state index in [4.69, 9.17) is 19.0 Å². The maximum atomic E-state index is 11.8. The minimum atomic E-state index is -0.466. The molecule has 0 aliphatic carbocycles. The van der Waals surface area contributed by atoms with Crippen LogP contribution in [0.3, 0.4) is 0 Å². The largest absolute Gasteiger partial charge is 0.496 e. The second-order valence-corrected chi connectivity index (χ2v) is 4.80. The number of hydrogen-bond donors (Lipinski definition) is 0. The van der Waals surface area contributed by atoms with Crippen molar-refractivity contribution >= 4 is 12.2 Å². The molecule has 1 aliphatic heterocycles. The van der Waals surface area contributed by atoms with Crippen LogP contribution in [0.5, 0.6) is 17.2 Å². The average molecular weight is 313 g/mol. The minimum absolute atomic E-state index is 0.0858. The lowest BCUT2D eigenvalue weighted by molar-refractivity contribution is -0.142. The van der Waals surface area contributed by atoms with E-state index < -0.39 is 5.97 Å². The van der Waals surface area contributed by atoms with Gasteiger partial charge < -0.3 is 19.0 Å². The molecular weight excluding hydrogens is 298 g/mol. The maximum Gasteiger partial charge on any atom is 0.339 e. The van der Waals surface area contributed by atoms with Crippen LogP contribution in [0.4, 0.5) is 0 Å². The Kier molecular flexibility index (Phi) is 4.42. The van der Waals surface area contributed by atoms with E-state index >= 15 is 0 Å². The Morgan fingerprint density at radius 3 is 2.91 bits per heavy atom. The lowest BCUT2D eigenvalue weighted by Crippen LogP contribution is -2.05. The molecule has 0 saturated heterocycles. The fraction of sp³-hybridized carbons (Fsp3) is 0.176. The molecule has 118 valence electrons. The van der Waals surface area contributed by atoms with Crippen molar-refractivity contribution in [1.82, 2.24) is 0 Å². The van der Waals surface area contributed by atoms with Gasteiger partial charge in [0.25, 0.3) is 0 Å². The molecule has 3 rings (SSSR count). The second kappa shape index (κ2) is 6.83. The second-order valence-electron chi connectivity index (χ2n) is 4.80. The standard InChI is InChI=1S/C17H15NO5/c1-20-14-5-3-2-4-13(14)9-17(19)23-18-10-12-6-7-15-16(8-12)22-11-21-15/h2-8,10H,9,11H2,1H3/b18-10+. The third kappa shape index (κ3) is 3.60. The number of ether oxygens (including phenoxy) is 3. The van der Waals surface area contributed by atoms with Crippen molar-refractivity contribution in [2.24, 2.45) is 5.16 Å². The van der Waals surface area contributed by atoms with Gasteiger partial charge in [-0.15, -0.1) is 0 Å². The summed E-state index contributed by atoms with van der Waals surface area (Å²) in [6, 6.07) is 12.6. The van der Waals surface area contributed by atoms with E-state index in [1.165, 1.54) is 6.21 Å². The van der Waals surface area contributed by atoms with Gasteiger partial charge in [0.05, 0.1) is 19.7 Å². The molecule has 0 fully saturated rings. The number of nitrogens with zero attached hydrogens (tertiary/aromatic N) is 1. The monoisotopic (exact) mass is 313 g/mol. The highest BCUT2D eigenvalue weighted by Gasteiger charge is 2.13. The Morgan fingerprint density at radius 1 is 1.22 bits per heavy atom. The van der Waals surface area contributed by atoms with Crippen molar-refractivity contribution in [3.63, 3.8) is 0 Å². The van der Waals surface area contributed by atoms with Crippen molar-refractivity contribution in [2.45, 2.75) is 6.42 Å². The lowest BCUT2D eigenvalue weighted by atomic mass is 10.1. The predicted molar refractivity (Wildman–Crippen MR) is 82.9 cm³/mol. The average Bonchev–Trinajstić information content (AvgIpc) is 3.03. The molecule has 1 aliphatic rings. The number of fused-ring (bicyclic) bond motifs is 1. The number of oxime groups is 1. The van der Waals surface area contributed by atoms with E-state index in [1.54, 1.807) is 31.4 Å². The van der Waals surface area contributed by atoms with Gasteiger partial charge in [0.1, 0.15) is 5.75 Å². The maximum absolute atomic E-state index is 11.8. The molecule has 6 heteroatoms. The molecule has 0 spiro atoms. The normalized spacial score (nSPS) is 12.4. The van der Waals surface area contributed by atoms with Gasteiger partial charge in [0.2, 0.25) is 6.79 Å². The van der Waals surface area contributed by atoms with Crippen LogP contribution < -0.4 is 14.2 Å². The summed E-state index contributed by atoms with van der Waals surface area (Å²) in [6.07, 6.45) is 1.53. The third-order valence-corrected chi connectivity index (χ3v) is 3.28. The minimum Gasteiger partial charge on any atom is -0.496 e. The Hall–Kier alpha value is -3.02. The first kappa shape index (κ1) is 14.9. The van der Waals surface area contributed by atoms with E-state index in [-0.39, 0.29) is 13.2 Å². The highest BCUT2D eigenvalue weighted by Crippen LogP contribution is 2.31. The van der Waals surface area contributed by atoms with Crippen LogP contribution in [-0.2, 0) is 16.1 Å². The first-order valence-electron chi connectivity index (χ1n) is 7.01. The van der Waals surface area contributed by atoms with Crippen molar-refractivity contribution < 1.29 is 23.8 Å². The van der Waals surface area contributed by atoms with E-state index in [9.17, 15) is 4.79 Å². The Balaban J connectivity index is 1.58. The number of benzene rings is 2. The number of methoxy groups -OCH3 is 1. The number of carbonyl (C=O) groups excluding carboxylic acids is 1. The van der Waals surface area contributed by atoms with Crippen molar-refractivity contribution in [3.05, 3.63) is 53.6 Å².